The van der Waals surface area contributed by atoms with Crippen molar-refractivity contribution in [3.8, 4) is 0 Å². The average Bonchev–Trinajstić information content (AvgIpc) is 3.11. The number of allylic oxidation sites excluding steroid dienone is 2. The van der Waals surface area contributed by atoms with Gasteiger partial charge >= 0.3 is 0 Å². The molecule has 1 atom stereocenters. The van der Waals surface area contributed by atoms with Gasteiger partial charge in [0, 0.05) is 16.8 Å². The third kappa shape index (κ3) is 4.36. The van der Waals surface area contributed by atoms with Gasteiger partial charge in [0.2, 0.25) is 0 Å². The molecule has 3 rings (SSSR count). The van der Waals surface area contributed by atoms with Gasteiger partial charge in [0.25, 0.3) is 0 Å². The molecule has 0 amide bonds. The number of fused-ring (bicyclic) bond motifs is 1. The van der Waals surface area contributed by atoms with Gasteiger partial charge in [-0.3, -0.25) is 9.78 Å². The predicted molar refractivity (Wildman–Crippen MR) is 129 cm³/mol. The highest BCUT2D eigenvalue weighted by atomic mass is 28.4. The number of aromatic nitrogens is 1. The lowest BCUT2D eigenvalue weighted by atomic mass is 9.72. The lowest BCUT2D eigenvalue weighted by molar-refractivity contribution is 0.105. The molecule has 2 aliphatic carbocycles. The number of aldehydes is 1. The third-order valence-corrected chi connectivity index (χ3v) is 11.8. The summed E-state index contributed by atoms with van der Waals surface area (Å²) in [6, 6.07) is 0. The van der Waals surface area contributed by atoms with Crippen LogP contribution in [0.25, 0.3) is 5.57 Å². The van der Waals surface area contributed by atoms with Crippen LogP contribution in [0.1, 0.15) is 119 Å². The second kappa shape index (κ2) is 8.02. The number of rotatable bonds is 5. The maximum absolute atomic E-state index is 12.4. The summed E-state index contributed by atoms with van der Waals surface area (Å²) in [6.45, 7) is 20.5. The Bertz CT molecular complexity index is 859. The summed E-state index contributed by atoms with van der Waals surface area (Å²) in [5.74, 6) is 0.223. The van der Waals surface area contributed by atoms with Crippen molar-refractivity contribution in [2.24, 2.45) is 5.41 Å². The molecule has 0 bridgehead atoms. The van der Waals surface area contributed by atoms with Gasteiger partial charge in [0.15, 0.2) is 14.6 Å². The van der Waals surface area contributed by atoms with Gasteiger partial charge in [0.05, 0.1) is 11.8 Å². The molecule has 166 valence electrons. The van der Waals surface area contributed by atoms with Crippen LogP contribution in [0.3, 0.4) is 0 Å². The van der Waals surface area contributed by atoms with E-state index in [0.29, 0.717) is 0 Å². The van der Waals surface area contributed by atoms with Crippen molar-refractivity contribution < 1.29 is 9.22 Å². The van der Waals surface area contributed by atoms with E-state index in [2.05, 4.69) is 67.6 Å². The Morgan fingerprint density at radius 2 is 1.93 bits per heavy atom. The van der Waals surface area contributed by atoms with E-state index in [1.54, 1.807) is 0 Å². The second-order valence-corrected chi connectivity index (χ2v) is 16.7. The summed E-state index contributed by atoms with van der Waals surface area (Å²) in [5, 5.41) is 0.139. The SMILES string of the molecule is CC(C)c1nc2c(c(C3=CCCC3)c1C=O)C(O[Si](C)(C)C(C)(C)C)CC(C)(C)C2. The summed E-state index contributed by atoms with van der Waals surface area (Å²) in [5.41, 5.74) is 6.77. The Morgan fingerprint density at radius 1 is 1.27 bits per heavy atom. The highest BCUT2D eigenvalue weighted by Crippen LogP contribution is 2.50. The van der Waals surface area contributed by atoms with Crippen molar-refractivity contribution >= 4 is 20.2 Å². The monoisotopic (exact) mass is 427 g/mol. The minimum absolute atomic E-state index is 0.00792. The highest BCUT2D eigenvalue weighted by molar-refractivity contribution is 6.74. The molecule has 1 unspecified atom stereocenters. The zero-order valence-corrected chi connectivity index (χ0v) is 21.6. The molecule has 0 radical (unpaired) electrons. The topological polar surface area (TPSA) is 39.2 Å². The van der Waals surface area contributed by atoms with Gasteiger partial charge in [-0.1, -0.05) is 54.5 Å². The van der Waals surface area contributed by atoms with E-state index < -0.39 is 8.32 Å². The molecule has 0 fully saturated rings. The molecule has 30 heavy (non-hydrogen) atoms. The van der Waals surface area contributed by atoms with E-state index in [0.717, 1.165) is 54.5 Å². The quantitative estimate of drug-likeness (QED) is 0.358. The minimum Gasteiger partial charge on any atom is -0.410 e. The summed E-state index contributed by atoms with van der Waals surface area (Å²) >= 11 is 0. The summed E-state index contributed by atoms with van der Waals surface area (Å²) in [4.78, 5) is 17.5. The van der Waals surface area contributed by atoms with Gasteiger partial charge in [-0.05, 0) is 72.7 Å². The predicted octanol–water partition coefficient (Wildman–Crippen LogP) is 7.62. The van der Waals surface area contributed by atoms with Crippen LogP contribution in [0, 0.1) is 5.41 Å². The van der Waals surface area contributed by atoms with Crippen LogP contribution in [-0.2, 0) is 10.8 Å². The van der Waals surface area contributed by atoms with Crippen molar-refractivity contribution in [2.45, 2.75) is 111 Å². The smallest absolute Gasteiger partial charge is 0.192 e. The first-order valence-corrected chi connectivity index (χ1v) is 14.6. The molecule has 4 heteroatoms. The molecular formula is C26H41NO2Si. The highest BCUT2D eigenvalue weighted by Gasteiger charge is 2.44. The lowest BCUT2D eigenvalue weighted by Gasteiger charge is -2.45. The summed E-state index contributed by atoms with van der Waals surface area (Å²) in [7, 11) is -1.98. The van der Waals surface area contributed by atoms with Crippen LogP contribution < -0.4 is 0 Å². The molecule has 1 heterocycles. The van der Waals surface area contributed by atoms with Gasteiger partial charge in [-0.25, -0.2) is 0 Å². The van der Waals surface area contributed by atoms with E-state index in [1.807, 2.05) is 0 Å². The Balaban J connectivity index is 2.28. The standard InChI is InChI=1S/C26H41NO2Si/c1-17(2)24-19(16-28)22(18-12-10-11-13-18)23-20(27-24)14-26(6,7)15-21(23)29-30(8,9)25(3,4)5/h12,16-17,21H,10-11,13-15H2,1-9H3. The number of hydrogen-bond donors (Lipinski definition) is 0. The maximum atomic E-state index is 12.4. The molecule has 0 spiro atoms. The number of hydrogen-bond acceptors (Lipinski definition) is 3. The molecule has 0 N–H and O–H groups in total. The first-order chi connectivity index (χ1) is 13.8. The molecule has 0 aliphatic heterocycles. The fourth-order valence-electron chi connectivity index (χ4n) is 4.73. The largest absolute Gasteiger partial charge is 0.410 e. The van der Waals surface area contributed by atoms with Crippen LogP contribution >= 0.6 is 0 Å². The Labute approximate surface area is 184 Å². The second-order valence-electron chi connectivity index (χ2n) is 12.0. The molecule has 1 aromatic rings. The van der Waals surface area contributed by atoms with Crippen molar-refractivity contribution in [3.05, 3.63) is 34.2 Å². The summed E-state index contributed by atoms with van der Waals surface area (Å²) < 4.78 is 7.06. The van der Waals surface area contributed by atoms with Crippen molar-refractivity contribution in [1.29, 1.82) is 0 Å². The zero-order chi connectivity index (χ0) is 22.5. The molecule has 2 aliphatic rings. The third-order valence-electron chi connectivity index (χ3n) is 7.36. The van der Waals surface area contributed by atoms with Gasteiger partial charge in [-0.15, -0.1) is 0 Å². The van der Waals surface area contributed by atoms with Crippen LogP contribution in [0.4, 0.5) is 0 Å². The number of nitrogens with zero attached hydrogens (tertiary/aromatic N) is 1. The van der Waals surface area contributed by atoms with E-state index in [-0.39, 0.29) is 22.5 Å². The maximum Gasteiger partial charge on any atom is 0.192 e. The average molecular weight is 428 g/mol. The van der Waals surface area contributed by atoms with E-state index in [1.165, 1.54) is 17.6 Å². The summed E-state index contributed by atoms with van der Waals surface area (Å²) in [6.07, 6.45) is 8.64. The number of carbonyl (C=O) groups excluding carboxylic acids is 1. The fraction of sp³-hybridized carbons (Fsp3) is 0.692. The first-order valence-electron chi connectivity index (χ1n) is 11.7. The van der Waals surface area contributed by atoms with Crippen molar-refractivity contribution in [3.63, 3.8) is 0 Å². The van der Waals surface area contributed by atoms with E-state index >= 15 is 0 Å². The van der Waals surface area contributed by atoms with Gasteiger partial charge in [0.1, 0.15) is 0 Å². The Hall–Kier alpha value is -1.26. The molecular weight excluding hydrogens is 386 g/mol. The zero-order valence-electron chi connectivity index (χ0n) is 20.6. The van der Waals surface area contributed by atoms with E-state index in [4.69, 9.17) is 9.41 Å². The number of carbonyl (C=O) groups is 1. The Morgan fingerprint density at radius 3 is 2.43 bits per heavy atom. The fourth-order valence-corrected chi connectivity index (χ4v) is 6.00. The van der Waals surface area contributed by atoms with Crippen LogP contribution in [0.2, 0.25) is 18.1 Å². The van der Waals surface area contributed by atoms with Gasteiger partial charge in [-0.2, -0.15) is 0 Å². The lowest BCUT2D eigenvalue weighted by Crippen LogP contribution is -2.44. The molecule has 0 saturated heterocycles. The molecule has 3 nitrogen and oxygen atoms in total. The molecule has 0 aromatic carbocycles. The Kier molecular flexibility index (Phi) is 6.25. The van der Waals surface area contributed by atoms with Crippen LogP contribution in [0.15, 0.2) is 6.08 Å². The first kappa shape index (κ1) is 23.4. The van der Waals surface area contributed by atoms with Crippen molar-refractivity contribution in [1.82, 2.24) is 4.98 Å². The minimum atomic E-state index is -1.98. The molecule has 1 aromatic heterocycles. The van der Waals surface area contributed by atoms with E-state index in [9.17, 15) is 4.79 Å². The van der Waals surface area contributed by atoms with Gasteiger partial charge < -0.3 is 4.43 Å². The van der Waals surface area contributed by atoms with Crippen LogP contribution in [0.5, 0.6) is 0 Å². The van der Waals surface area contributed by atoms with Crippen LogP contribution in [-0.4, -0.2) is 19.6 Å². The van der Waals surface area contributed by atoms with Crippen molar-refractivity contribution in [2.75, 3.05) is 0 Å². The number of pyridine rings is 1. The normalized spacial score (nSPS) is 21.5. The molecule has 0 saturated carbocycles.